The van der Waals surface area contributed by atoms with Gasteiger partial charge in [-0.15, -0.1) is 0 Å². The Morgan fingerprint density at radius 2 is 2.25 bits per heavy atom. The minimum absolute atomic E-state index is 0.000921. The molecule has 0 spiro atoms. The summed E-state index contributed by atoms with van der Waals surface area (Å²) in [6, 6.07) is 6.56. The highest BCUT2D eigenvalue weighted by molar-refractivity contribution is 9.10. The predicted octanol–water partition coefficient (Wildman–Crippen LogP) is 1.64. The summed E-state index contributed by atoms with van der Waals surface area (Å²) >= 11 is 3.26. The third-order valence-electron chi connectivity index (χ3n) is 4.01. The van der Waals surface area contributed by atoms with Crippen molar-refractivity contribution >= 4 is 33.5 Å². The quantitative estimate of drug-likeness (QED) is 0.425. The van der Waals surface area contributed by atoms with Crippen molar-refractivity contribution in [2.75, 3.05) is 25.1 Å². The van der Waals surface area contributed by atoms with Crippen LogP contribution < -0.4 is 4.90 Å². The van der Waals surface area contributed by atoms with Gasteiger partial charge in [-0.2, -0.15) is 5.26 Å². The molecule has 0 aromatic heterocycles. The fourth-order valence-corrected chi connectivity index (χ4v) is 3.36. The maximum atomic E-state index is 12.9. The molecule has 1 aromatic rings. The molecule has 1 aliphatic heterocycles. The minimum Gasteiger partial charge on any atom is -0.465 e. The number of fused-ring (bicyclic) bond motifs is 1. The number of nitrogens with zero attached hydrogens (tertiary/aromatic N) is 3. The summed E-state index contributed by atoms with van der Waals surface area (Å²) < 4.78 is 5.46. The second-order valence-electron chi connectivity index (χ2n) is 5.30. The lowest BCUT2D eigenvalue weighted by atomic mass is 9.71. The van der Waals surface area contributed by atoms with Crippen molar-refractivity contribution in [2.45, 2.75) is 12.3 Å². The molecular weight excluding hydrogens is 382 g/mol. The second kappa shape index (κ2) is 6.57. The van der Waals surface area contributed by atoms with Crippen LogP contribution in [0, 0.1) is 27.4 Å². The molecule has 0 fully saturated rings. The molecule has 8 nitrogen and oxygen atoms in total. The van der Waals surface area contributed by atoms with E-state index >= 15 is 0 Å². The van der Waals surface area contributed by atoms with E-state index in [1.807, 2.05) is 0 Å². The Labute approximate surface area is 146 Å². The fourth-order valence-electron chi connectivity index (χ4n) is 3.00. The topological polar surface area (TPSA) is 114 Å². The Hall–Kier alpha value is -2.47. The van der Waals surface area contributed by atoms with Crippen LogP contribution in [0.25, 0.3) is 0 Å². The smallest absolute Gasteiger partial charge is 0.325 e. The standard InChI is InChI=1S/C15H14BrN3O5/c1-3-24-13(20)11(7-17)15(8-19(22)23)10-6-9(16)4-5-12(10)18(2)14(15)21/h4-6,11H,3,8H2,1-2H3/t11-,15-/m1/s1. The van der Waals surface area contributed by atoms with Gasteiger partial charge in [0.25, 0.3) is 0 Å². The van der Waals surface area contributed by atoms with Crippen molar-refractivity contribution in [3.05, 3.63) is 38.3 Å². The third-order valence-corrected chi connectivity index (χ3v) is 4.50. The van der Waals surface area contributed by atoms with E-state index in [0.717, 1.165) is 0 Å². The molecule has 1 amide bonds. The van der Waals surface area contributed by atoms with Gasteiger partial charge in [-0.1, -0.05) is 15.9 Å². The number of hydrogen-bond acceptors (Lipinski definition) is 6. The first-order valence-electron chi connectivity index (χ1n) is 7.05. The number of halogens is 1. The maximum Gasteiger partial charge on any atom is 0.325 e. The molecule has 0 saturated heterocycles. The normalized spacial score (nSPS) is 20.2. The number of ether oxygens (including phenoxy) is 1. The van der Waals surface area contributed by atoms with Gasteiger partial charge in [-0.25, -0.2) is 0 Å². The molecule has 9 heteroatoms. The molecule has 2 rings (SSSR count). The van der Waals surface area contributed by atoms with Gasteiger partial charge < -0.3 is 9.64 Å². The summed E-state index contributed by atoms with van der Waals surface area (Å²) in [5.74, 6) is -3.24. The van der Waals surface area contributed by atoms with Crippen molar-refractivity contribution in [1.82, 2.24) is 0 Å². The van der Waals surface area contributed by atoms with Crippen molar-refractivity contribution in [3.63, 3.8) is 0 Å². The van der Waals surface area contributed by atoms with E-state index in [2.05, 4.69) is 15.9 Å². The van der Waals surface area contributed by atoms with Crippen LogP contribution in [0.3, 0.4) is 0 Å². The van der Waals surface area contributed by atoms with Crippen LogP contribution in [0.2, 0.25) is 0 Å². The molecule has 1 heterocycles. The van der Waals surface area contributed by atoms with Crippen molar-refractivity contribution in [3.8, 4) is 6.07 Å². The van der Waals surface area contributed by atoms with Gasteiger partial charge in [-0.05, 0) is 25.1 Å². The lowest BCUT2D eigenvalue weighted by Gasteiger charge is -2.27. The average Bonchev–Trinajstić information content (AvgIpc) is 2.70. The number of benzene rings is 1. The molecule has 0 unspecified atom stereocenters. The molecular formula is C15H14BrN3O5. The summed E-state index contributed by atoms with van der Waals surface area (Å²) in [6.45, 7) is 0.678. The Kier molecular flexibility index (Phi) is 4.89. The summed E-state index contributed by atoms with van der Waals surface area (Å²) in [4.78, 5) is 36.9. The Bertz CT molecular complexity index is 760. The van der Waals surface area contributed by atoms with E-state index < -0.39 is 34.7 Å². The van der Waals surface area contributed by atoms with Crippen LogP contribution in [0.15, 0.2) is 22.7 Å². The summed E-state index contributed by atoms with van der Waals surface area (Å²) in [5.41, 5.74) is -1.23. The zero-order valence-electron chi connectivity index (χ0n) is 13.0. The second-order valence-corrected chi connectivity index (χ2v) is 6.22. The molecule has 24 heavy (non-hydrogen) atoms. The van der Waals surface area contributed by atoms with Gasteiger partial charge in [0.1, 0.15) is 0 Å². The SMILES string of the molecule is CCOC(=O)[C@@H](C#N)[C@]1(C[N+](=O)[O-])C(=O)N(C)c2ccc(Br)cc21. The van der Waals surface area contributed by atoms with Crippen LogP contribution in [0.4, 0.5) is 5.69 Å². The summed E-state index contributed by atoms with van der Waals surface area (Å²) in [7, 11) is 1.45. The van der Waals surface area contributed by atoms with Crippen LogP contribution in [0.1, 0.15) is 12.5 Å². The molecule has 0 saturated carbocycles. The number of nitriles is 1. The maximum absolute atomic E-state index is 12.9. The number of hydrogen-bond donors (Lipinski definition) is 0. The summed E-state index contributed by atoms with van der Waals surface area (Å²) in [6.07, 6.45) is 0. The van der Waals surface area contributed by atoms with Gasteiger partial charge >= 0.3 is 5.97 Å². The van der Waals surface area contributed by atoms with Gasteiger partial charge in [-0.3, -0.25) is 19.7 Å². The van der Waals surface area contributed by atoms with Gasteiger partial charge in [0.2, 0.25) is 12.5 Å². The molecule has 0 N–H and O–H groups in total. The zero-order valence-corrected chi connectivity index (χ0v) is 14.6. The Morgan fingerprint density at radius 1 is 1.58 bits per heavy atom. The number of rotatable bonds is 5. The van der Waals surface area contributed by atoms with Crippen LogP contribution in [-0.4, -0.2) is 37.0 Å². The lowest BCUT2D eigenvalue weighted by molar-refractivity contribution is -0.488. The first kappa shape index (κ1) is 17.9. The lowest BCUT2D eigenvalue weighted by Crippen LogP contribution is -2.52. The molecule has 2 atom stereocenters. The zero-order chi connectivity index (χ0) is 18.1. The van der Waals surface area contributed by atoms with Gasteiger partial charge in [0.05, 0.1) is 12.7 Å². The van der Waals surface area contributed by atoms with E-state index in [4.69, 9.17) is 4.74 Å². The highest BCUT2D eigenvalue weighted by Gasteiger charge is 2.61. The van der Waals surface area contributed by atoms with Gasteiger partial charge in [0.15, 0.2) is 11.3 Å². The Balaban J connectivity index is 2.75. The largest absolute Gasteiger partial charge is 0.465 e. The van der Waals surface area contributed by atoms with Crippen molar-refractivity contribution in [1.29, 1.82) is 5.26 Å². The number of amides is 1. The average molecular weight is 396 g/mol. The minimum atomic E-state index is -1.92. The molecule has 1 aromatic carbocycles. The number of carbonyl (C=O) groups excluding carboxylic acids is 2. The number of anilines is 1. The number of carbonyl (C=O) groups is 2. The fraction of sp³-hybridized carbons (Fsp3) is 0.400. The third kappa shape index (κ3) is 2.63. The molecule has 0 bridgehead atoms. The van der Waals surface area contributed by atoms with Crippen molar-refractivity contribution < 1.29 is 19.2 Å². The Morgan fingerprint density at radius 3 is 2.79 bits per heavy atom. The predicted molar refractivity (Wildman–Crippen MR) is 86.8 cm³/mol. The first-order chi connectivity index (χ1) is 11.3. The van der Waals surface area contributed by atoms with Crippen LogP contribution in [-0.2, 0) is 19.7 Å². The summed E-state index contributed by atoms with van der Waals surface area (Å²) in [5, 5.41) is 20.8. The number of likely N-dealkylation sites (N-methyl/N-ethyl adjacent to an activating group) is 1. The molecule has 126 valence electrons. The van der Waals surface area contributed by atoms with E-state index in [1.54, 1.807) is 25.1 Å². The van der Waals surface area contributed by atoms with E-state index in [0.29, 0.717) is 10.2 Å². The number of nitro groups is 1. The number of esters is 1. The van der Waals surface area contributed by atoms with E-state index in [1.165, 1.54) is 18.0 Å². The highest BCUT2D eigenvalue weighted by Crippen LogP contribution is 2.47. The van der Waals surface area contributed by atoms with Crippen LogP contribution >= 0.6 is 15.9 Å². The van der Waals surface area contributed by atoms with Gasteiger partial charge in [0, 0.05) is 27.7 Å². The highest BCUT2D eigenvalue weighted by atomic mass is 79.9. The molecule has 1 aliphatic rings. The first-order valence-corrected chi connectivity index (χ1v) is 7.85. The molecule has 0 radical (unpaired) electrons. The monoisotopic (exact) mass is 395 g/mol. The van der Waals surface area contributed by atoms with Crippen LogP contribution in [0.5, 0.6) is 0 Å². The van der Waals surface area contributed by atoms with E-state index in [9.17, 15) is 25.0 Å². The van der Waals surface area contributed by atoms with Crippen molar-refractivity contribution in [2.24, 2.45) is 5.92 Å². The molecule has 0 aliphatic carbocycles. The van der Waals surface area contributed by atoms with E-state index in [-0.39, 0.29) is 12.2 Å².